The first-order valence-electron chi connectivity index (χ1n) is 11.0. The van der Waals surface area contributed by atoms with Crippen LogP contribution in [0.25, 0.3) is 21.8 Å². The van der Waals surface area contributed by atoms with Crippen LogP contribution in [-0.2, 0) is 16.2 Å². The van der Waals surface area contributed by atoms with E-state index in [0.717, 1.165) is 46.0 Å². The molecule has 0 aliphatic carbocycles. The Balaban J connectivity index is 1.69. The van der Waals surface area contributed by atoms with Gasteiger partial charge in [-0.15, -0.1) is 0 Å². The van der Waals surface area contributed by atoms with E-state index in [-0.39, 0.29) is 24.1 Å². The van der Waals surface area contributed by atoms with Gasteiger partial charge in [0.25, 0.3) is 0 Å². The number of para-hydroxylation sites is 1. The van der Waals surface area contributed by atoms with Gasteiger partial charge in [-0.1, -0.05) is 67.5 Å². The van der Waals surface area contributed by atoms with Gasteiger partial charge in [-0.3, -0.25) is 4.79 Å². The minimum atomic E-state index is -0.338. The molecule has 0 amide bonds. The van der Waals surface area contributed by atoms with Crippen molar-refractivity contribution >= 4 is 39.3 Å². The average molecular weight is 425 g/mol. The third-order valence-corrected chi connectivity index (χ3v) is 6.27. The van der Waals surface area contributed by atoms with Gasteiger partial charge in [0.2, 0.25) is 0 Å². The van der Waals surface area contributed by atoms with Gasteiger partial charge >= 0.3 is 5.97 Å². The summed E-state index contributed by atoms with van der Waals surface area (Å²) in [7, 11) is 0. The highest BCUT2D eigenvalue weighted by Crippen LogP contribution is 2.38. The second-order valence-electron chi connectivity index (χ2n) is 8.14. The maximum absolute atomic E-state index is 13.0. The smallest absolute Gasteiger partial charge is 0.334 e. The summed E-state index contributed by atoms with van der Waals surface area (Å²) in [5.74, 6) is -0.187. The van der Waals surface area contributed by atoms with Gasteiger partial charge in [0.15, 0.2) is 5.78 Å². The van der Waals surface area contributed by atoms with E-state index in [2.05, 4.69) is 22.7 Å². The first-order chi connectivity index (χ1) is 15.6. The van der Waals surface area contributed by atoms with Crippen molar-refractivity contribution in [3.05, 3.63) is 83.4 Å². The van der Waals surface area contributed by atoms with Gasteiger partial charge in [0, 0.05) is 51.9 Å². The van der Waals surface area contributed by atoms with E-state index in [1.54, 1.807) is 6.92 Å². The first-order valence-corrected chi connectivity index (χ1v) is 11.0. The maximum atomic E-state index is 13.0. The van der Waals surface area contributed by atoms with Crippen LogP contribution in [0.2, 0.25) is 0 Å². The molecule has 160 valence electrons. The third-order valence-electron chi connectivity index (χ3n) is 6.27. The van der Waals surface area contributed by atoms with Gasteiger partial charge in [-0.05, 0) is 24.6 Å². The Morgan fingerprint density at radius 3 is 2.53 bits per heavy atom. The van der Waals surface area contributed by atoms with Crippen LogP contribution in [0.15, 0.2) is 71.9 Å². The number of ketones is 1. The van der Waals surface area contributed by atoms with Gasteiger partial charge in [0.05, 0.1) is 11.2 Å². The molecule has 0 radical (unpaired) electrons. The van der Waals surface area contributed by atoms with Crippen LogP contribution >= 0.6 is 0 Å². The van der Waals surface area contributed by atoms with E-state index in [9.17, 15) is 9.59 Å². The summed E-state index contributed by atoms with van der Waals surface area (Å²) >= 11 is 0. The zero-order valence-corrected chi connectivity index (χ0v) is 18.2. The summed E-state index contributed by atoms with van der Waals surface area (Å²) < 4.78 is 2.31. The lowest BCUT2D eigenvalue weighted by Crippen LogP contribution is -2.27. The van der Waals surface area contributed by atoms with Crippen LogP contribution < -0.4 is 0 Å². The quantitative estimate of drug-likeness (QED) is 0.234. The monoisotopic (exact) mass is 424 g/mol. The number of hydrogen-bond donors (Lipinski definition) is 0. The molecule has 32 heavy (non-hydrogen) atoms. The number of aromatic nitrogens is 1. The minimum absolute atomic E-state index is 0.0135. The molecule has 5 heteroatoms. The summed E-state index contributed by atoms with van der Waals surface area (Å²) in [4.78, 5) is 29.9. The second-order valence-corrected chi connectivity index (χ2v) is 8.14. The lowest BCUT2D eigenvalue weighted by atomic mass is 9.90. The van der Waals surface area contributed by atoms with Crippen molar-refractivity contribution in [2.24, 2.45) is 11.1 Å². The molecule has 1 atom stereocenters. The zero-order chi connectivity index (χ0) is 22.2. The van der Waals surface area contributed by atoms with Crippen LogP contribution in [0.3, 0.4) is 0 Å². The van der Waals surface area contributed by atoms with Crippen molar-refractivity contribution in [2.75, 3.05) is 0 Å². The molecule has 0 spiro atoms. The summed E-state index contributed by atoms with van der Waals surface area (Å²) in [6.07, 6.45) is 1.17. The zero-order valence-electron chi connectivity index (χ0n) is 18.2. The number of rotatable bonds is 5. The molecule has 0 bridgehead atoms. The predicted molar refractivity (Wildman–Crippen MR) is 126 cm³/mol. The summed E-state index contributed by atoms with van der Waals surface area (Å²) in [5, 5.41) is 6.41. The summed E-state index contributed by atoms with van der Waals surface area (Å²) in [5.41, 5.74) is 5.32. The number of carbonyl (C=O) groups excluding carboxylic acids is 2. The fourth-order valence-electron chi connectivity index (χ4n) is 4.59. The highest BCUT2D eigenvalue weighted by Gasteiger charge is 2.29. The molecule has 1 unspecified atom stereocenters. The fraction of sp³-hybridized carbons (Fsp3) is 0.222. The van der Waals surface area contributed by atoms with Crippen LogP contribution in [0, 0.1) is 5.92 Å². The van der Waals surface area contributed by atoms with Gasteiger partial charge in [0.1, 0.15) is 0 Å². The predicted octanol–water partition coefficient (Wildman–Crippen LogP) is 5.72. The molecule has 2 heterocycles. The highest BCUT2D eigenvalue weighted by atomic mass is 16.7. The molecule has 0 N–H and O–H groups in total. The molecule has 0 saturated heterocycles. The molecule has 1 aliphatic heterocycles. The highest BCUT2D eigenvalue weighted by molar-refractivity contribution is 6.20. The topological polar surface area (TPSA) is 60.7 Å². The van der Waals surface area contributed by atoms with E-state index in [1.165, 1.54) is 0 Å². The summed E-state index contributed by atoms with van der Waals surface area (Å²) in [6.45, 7) is 4.63. The van der Waals surface area contributed by atoms with E-state index in [4.69, 9.17) is 4.84 Å². The van der Waals surface area contributed by atoms with Crippen molar-refractivity contribution in [3.63, 3.8) is 0 Å². The van der Waals surface area contributed by atoms with Crippen molar-refractivity contribution in [1.29, 1.82) is 0 Å². The molecule has 1 aromatic heterocycles. The van der Waals surface area contributed by atoms with Crippen molar-refractivity contribution in [2.45, 2.75) is 33.2 Å². The molecule has 4 aromatic rings. The van der Waals surface area contributed by atoms with Crippen LogP contribution in [0.5, 0.6) is 0 Å². The van der Waals surface area contributed by atoms with Crippen LogP contribution in [0.4, 0.5) is 0 Å². The lowest BCUT2D eigenvalue weighted by molar-refractivity contribution is -0.143. The SMILES string of the molecule is CCC(=O)O/N=C1/c2cccc3c4cc(C(=O)c5ccccc5)ccc4n(c23)CC1CC. The molecular weight excluding hydrogens is 400 g/mol. The molecule has 5 nitrogen and oxygen atoms in total. The van der Waals surface area contributed by atoms with E-state index in [1.807, 2.05) is 60.7 Å². The van der Waals surface area contributed by atoms with Gasteiger partial charge in [-0.25, -0.2) is 4.79 Å². The average Bonchev–Trinajstić information content (AvgIpc) is 3.17. The minimum Gasteiger partial charge on any atom is -0.339 e. The Morgan fingerprint density at radius 1 is 0.969 bits per heavy atom. The molecule has 0 saturated carbocycles. The normalized spacial score (nSPS) is 16.6. The van der Waals surface area contributed by atoms with E-state index < -0.39 is 0 Å². The van der Waals surface area contributed by atoms with Gasteiger partial charge < -0.3 is 9.40 Å². The molecule has 0 fully saturated rings. The Hall–Kier alpha value is -3.73. The number of nitrogens with zero attached hydrogens (tertiary/aromatic N) is 2. The number of carbonyl (C=O) groups is 2. The first kappa shape index (κ1) is 20.2. The Morgan fingerprint density at radius 2 is 1.78 bits per heavy atom. The number of oxime groups is 1. The van der Waals surface area contributed by atoms with Crippen molar-refractivity contribution < 1.29 is 14.4 Å². The maximum Gasteiger partial charge on any atom is 0.334 e. The standard InChI is InChI=1S/C27H24N2O3/c1-3-17-16-29-23-14-13-19(27(31)18-9-6-5-7-10-18)15-22(23)20-11-8-12-21(26(20)29)25(17)28-32-24(30)4-2/h5-15,17H,3-4,16H2,1-2H3/b28-25+. The second kappa shape index (κ2) is 8.08. The molecule has 5 rings (SSSR count). The van der Waals surface area contributed by atoms with Crippen LogP contribution in [-0.4, -0.2) is 22.0 Å². The van der Waals surface area contributed by atoms with Crippen molar-refractivity contribution in [3.8, 4) is 0 Å². The Kier molecular flexibility index (Phi) is 5.10. The number of benzene rings is 3. The molecular formula is C27H24N2O3. The lowest BCUT2D eigenvalue weighted by Gasteiger charge is -2.25. The molecule has 1 aliphatic rings. The number of hydrogen-bond acceptors (Lipinski definition) is 4. The van der Waals surface area contributed by atoms with Crippen molar-refractivity contribution in [1.82, 2.24) is 4.57 Å². The fourth-order valence-corrected chi connectivity index (χ4v) is 4.59. The third kappa shape index (κ3) is 3.21. The Bertz CT molecular complexity index is 1380. The van der Waals surface area contributed by atoms with Gasteiger partial charge in [-0.2, -0.15) is 0 Å². The largest absolute Gasteiger partial charge is 0.339 e. The van der Waals surface area contributed by atoms with E-state index in [0.29, 0.717) is 11.1 Å². The summed E-state index contributed by atoms with van der Waals surface area (Å²) in [6, 6.07) is 21.4. The Labute approximate surface area is 186 Å². The van der Waals surface area contributed by atoms with E-state index >= 15 is 0 Å². The number of fused-ring (bicyclic) bond motifs is 3. The van der Waals surface area contributed by atoms with Crippen LogP contribution in [0.1, 0.15) is 48.2 Å². The molecule has 3 aromatic carbocycles.